The Kier molecular flexibility index (Phi) is 5.36. The van der Waals surface area contributed by atoms with Crippen LogP contribution in [0.1, 0.15) is 30.5 Å². The smallest absolute Gasteiger partial charge is 0.317 e. The first-order chi connectivity index (χ1) is 9.72. The molecule has 0 saturated carbocycles. The van der Waals surface area contributed by atoms with E-state index in [2.05, 4.69) is 28.7 Å². The Morgan fingerprint density at radius 2 is 2.55 bits per heavy atom. The molecule has 2 amide bonds. The largest absolute Gasteiger partial charge is 0.338 e. The number of piperidine rings is 1. The molecule has 1 aliphatic rings. The van der Waals surface area contributed by atoms with Gasteiger partial charge in [0.05, 0.1) is 22.7 Å². The number of nitrogens with one attached hydrogen (secondary N) is 1. The second-order valence-corrected chi connectivity index (χ2v) is 5.92. The molecule has 1 aromatic rings. The van der Waals surface area contributed by atoms with Crippen LogP contribution in [0.2, 0.25) is 0 Å². The van der Waals surface area contributed by atoms with Crippen LogP contribution in [-0.2, 0) is 12.8 Å². The highest BCUT2D eigenvalue weighted by atomic mass is 32.1. The van der Waals surface area contributed by atoms with Gasteiger partial charge in [0.25, 0.3) is 0 Å². The van der Waals surface area contributed by atoms with E-state index in [-0.39, 0.29) is 11.9 Å². The van der Waals surface area contributed by atoms with E-state index in [4.69, 9.17) is 5.26 Å². The van der Waals surface area contributed by atoms with Crippen LogP contribution in [0.4, 0.5) is 4.79 Å². The maximum Gasteiger partial charge on any atom is 0.317 e. The molecule has 0 aliphatic carbocycles. The summed E-state index contributed by atoms with van der Waals surface area (Å²) in [4.78, 5) is 18.2. The number of carbonyl (C=O) groups is 1. The van der Waals surface area contributed by atoms with E-state index in [1.165, 1.54) is 0 Å². The fraction of sp³-hybridized carbons (Fsp3) is 0.643. The number of nitrogens with zero attached hydrogens (tertiary/aromatic N) is 3. The molecule has 1 fully saturated rings. The number of carbonyl (C=O) groups excluding carboxylic acids is 1. The average Bonchev–Trinajstić information content (AvgIpc) is 2.95. The van der Waals surface area contributed by atoms with Crippen molar-refractivity contribution in [2.75, 3.05) is 19.6 Å². The lowest BCUT2D eigenvalue weighted by Crippen LogP contribution is -2.45. The number of rotatable bonds is 4. The summed E-state index contributed by atoms with van der Waals surface area (Å²) in [6, 6.07) is 2.19. The van der Waals surface area contributed by atoms with Gasteiger partial charge in [0, 0.05) is 31.4 Å². The van der Waals surface area contributed by atoms with Crippen LogP contribution in [-0.4, -0.2) is 35.5 Å². The highest BCUT2D eigenvalue weighted by molar-refractivity contribution is 7.09. The Labute approximate surface area is 123 Å². The molecule has 0 radical (unpaired) electrons. The van der Waals surface area contributed by atoms with Gasteiger partial charge in [-0.3, -0.25) is 0 Å². The fourth-order valence-corrected chi connectivity index (χ4v) is 3.16. The van der Waals surface area contributed by atoms with E-state index in [1.54, 1.807) is 16.2 Å². The Hall–Kier alpha value is -1.61. The summed E-state index contributed by atoms with van der Waals surface area (Å²) in [5, 5.41) is 15.0. The fourth-order valence-electron chi connectivity index (χ4n) is 2.28. The second-order valence-electron chi connectivity index (χ2n) is 4.98. The first-order valence-electron chi connectivity index (χ1n) is 7.08. The number of amides is 2. The number of aryl methyl sites for hydroxylation is 1. The van der Waals surface area contributed by atoms with Crippen LogP contribution in [0, 0.1) is 17.2 Å². The summed E-state index contributed by atoms with van der Waals surface area (Å²) >= 11 is 1.65. The molecule has 2 rings (SSSR count). The lowest BCUT2D eigenvalue weighted by atomic mass is 10.0. The minimum atomic E-state index is -0.0581. The van der Waals surface area contributed by atoms with Gasteiger partial charge in [0.1, 0.15) is 0 Å². The predicted molar refractivity (Wildman–Crippen MR) is 78.5 cm³/mol. The van der Waals surface area contributed by atoms with Crippen molar-refractivity contribution in [3.63, 3.8) is 0 Å². The third-order valence-electron chi connectivity index (χ3n) is 3.47. The van der Waals surface area contributed by atoms with Gasteiger partial charge in [0.2, 0.25) is 0 Å². The average molecular weight is 292 g/mol. The molecule has 108 valence electrons. The molecule has 0 spiro atoms. The molecule has 5 nitrogen and oxygen atoms in total. The first kappa shape index (κ1) is 14.8. The quantitative estimate of drug-likeness (QED) is 0.925. The van der Waals surface area contributed by atoms with Gasteiger partial charge >= 0.3 is 6.03 Å². The molecular formula is C14H20N4OS. The van der Waals surface area contributed by atoms with Crippen molar-refractivity contribution in [2.45, 2.75) is 32.6 Å². The first-order valence-corrected chi connectivity index (χ1v) is 7.96. The summed E-state index contributed by atoms with van der Waals surface area (Å²) in [5.41, 5.74) is 1.12. The van der Waals surface area contributed by atoms with Gasteiger partial charge in [-0.15, -0.1) is 11.3 Å². The van der Waals surface area contributed by atoms with Crippen molar-refractivity contribution < 1.29 is 4.79 Å². The predicted octanol–water partition coefficient (Wildman–Crippen LogP) is 2.19. The van der Waals surface area contributed by atoms with Crippen LogP contribution < -0.4 is 5.32 Å². The van der Waals surface area contributed by atoms with Crippen LogP contribution in [0.15, 0.2) is 5.38 Å². The third kappa shape index (κ3) is 3.94. The molecule has 1 saturated heterocycles. The Balaban J connectivity index is 1.73. The summed E-state index contributed by atoms with van der Waals surface area (Å²) in [7, 11) is 0. The molecule has 0 bridgehead atoms. The zero-order chi connectivity index (χ0) is 14.4. The van der Waals surface area contributed by atoms with Crippen LogP contribution >= 0.6 is 11.3 Å². The summed E-state index contributed by atoms with van der Waals surface area (Å²) in [6.45, 7) is 3.99. The third-order valence-corrected chi connectivity index (χ3v) is 4.43. The van der Waals surface area contributed by atoms with Gasteiger partial charge in [-0.1, -0.05) is 6.92 Å². The number of thiazole rings is 1. The minimum Gasteiger partial charge on any atom is -0.338 e. The highest BCUT2D eigenvalue weighted by Crippen LogP contribution is 2.15. The van der Waals surface area contributed by atoms with Gasteiger partial charge in [-0.25, -0.2) is 9.78 Å². The minimum absolute atomic E-state index is 0.0134. The van der Waals surface area contributed by atoms with Crippen molar-refractivity contribution in [2.24, 2.45) is 5.92 Å². The molecule has 1 N–H and O–H groups in total. The molecule has 0 aromatic carbocycles. The zero-order valence-electron chi connectivity index (χ0n) is 11.8. The van der Waals surface area contributed by atoms with Gasteiger partial charge in [-0.05, 0) is 19.3 Å². The summed E-state index contributed by atoms with van der Waals surface area (Å²) in [5.74, 6) is -0.0134. The maximum absolute atomic E-state index is 12.0. The van der Waals surface area contributed by atoms with Crippen LogP contribution in [0.25, 0.3) is 0 Å². The van der Waals surface area contributed by atoms with Crippen molar-refractivity contribution in [1.29, 1.82) is 5.26 Å². The summed E-state index contributed by atoms with van der Waals surface area (Å²) in [6.07, 6.45) is 3.54. The molecule has 1 aliphatic heterocycles. The van der Waals surface area contributed by atoms with E-state index >= 15 is 0 Å². The maximum atomic E-state index is 12.0. The number of aromatic nitrogens is 1. The Morgan fingerprint density at radius 1 is 1.70 bits per heavy atom. The molecular weight excluding hydrogens is 272 g/mol. The highest BCUT2D eigenvalue weighted by Gasteiger charge is 2.22. The molecule has 1 aromatic heterocycles. The van der Waals surface area contributed by atoms with Crippen LogP contribution in [0.3, 0.4) is 0 Å². The normalized spacial score (nSPS) is 18.6. The van der Waals surface area contributed by atoms with E-state index < -0.39 is 0 Å². The van der Waals surface area contributed by atoms with E-state index in [1.807, 2.05) is 0 Å². The summed E-state index contributed by atoms with van der Waals surface area (Å²) < 4.78 is 0. The van der Waals surface area contributed by atoms with Crippen molar-refractivity contribution in [3.8, 4) is 6.07 Å². The van der Waals surface area contributed by atoms with Crippen molar-refractivity contribution in [1.82, 2.24) is 15.2 Å². The lowest BCUT2D eigenvalue weighted by molar-refractivity contribution is 0.176. The van der Waals surface area contributed by atoms with Gasteiger partial charge < -0.3 is 10.2 Å². The van der Waals surface area contributed by atoms with E-state index in [0.717, 1.165) is 42.9 Å². The molecule has 1 atom stereocenters. The molecule has 2 heterocycles. The number of likely N-dealkylation sites (tertiary alicyclic amines) is 1. The van der Waals surface area contributed by atoms with E-state index in [9.17, 15) is 4.79 Å². The number of urea groups is 1. The van der Waals surface area contributed by atoms with Gasteiger partial charge in [-0.2, -0.15) is 5.26 Å². The molecule has 6 heteroatoms. The SMILES string of the molecule is CCc1csc(CCNC(=O)N2CCC[C@H](C#N)C2)n1. The second kappa shape index (κ2) is 7.25. The Morgan fingerprint density at radius 3 is 3.25 bits per heavy atom. The van der Waals surface area contributed by atoms with Crippen molar-refractivity contribution >= 4 is 17.4 Å². The number of hydrogen-bond donors (Lipinski definition) is 1. The standard InChI is InChI=1S/C14H20N4OS/c1-2-12-10-20-13(17-12)5-6-16-14(19)18-7-3-4-11(8-15)9-18/h10-11H,2-7,9H2,1H3,(H,16,19)/t11-/m1/s1. The van der Waals surface area contributed by atoms with Crippen LogP contribution in [0.5, 0.6) is 0 Å². The van der Waals surface area contributed by atoms with E-state index in [0.29, 0.717) is 13.1 Å². The van der Waals surface area contributed by atoms with Crippen molar-refractivity contribution in [3.05, 3.63) is 16.1 Å². The molecule has 0 unspecified atom stereocenters. The van der Waals surface area contributed by atoms with Gasteiger partial charge in [0.15, 0.2) is 0 Å². The monoisotopic (exact) mass is 292 g/mol. The number of hydrogen-bond acceptors (Lipinski definition) is 4. The Bertz CT molecular complexity index is 494. The molecule has 20 heavy (non-hydrogen) atoms. The number of nitriles is 1. The lowest BCUT2D eigenvalue weighted by Gasteiger charge is -2.29. The zero-order valence-corrected chi connectivity index (χ0v) is 12.6. The topological polar surface area (TPSA) is 69.0 Å².